The van der Waals surface area contributed by atoms with Gasteiger partial charge in [0.05, 0.1) is 7.11 Å². The summed E-state index contributed by atoms with van der Waals surface area (Å²) >= 11 is 0. The standard InChI is InChI=1S/C13H18N2O3/c1-18-12-4-2-3-11(9-12)14-5-7-15(8-6-14)13(17)10-16/h2-4,9,16H,5-8,10H2,1H3. The normalized spacial score (nSPS) is 15.7. The fourth-order valence-electron chi connectivity index (χ4n) is 2.12. The molecular formula is C13H18N2O3. The van der Waals surface area contributed by atoms with E-state index in [-0.39, 0.29) is 5.91 Å². The first-order chi connectivity index (χ1) is 8.74. The molecule has 2 rings (SSSR count). The second kappa shape index (κ2) is 5.73. The van der Waals surface area contributed by atoms with Gasteiger partial charge in [0.15, 0.2) is 0 Å². The van der Waals surface area contributed by atoms with Crippen LogP contribution in [0.5, 0.6) is 5.75 Å². The fourth-order valence-corrected chi connectivity index (χ4v) is 2.12. The van der Waals surface area contributed by atoms with Gasteiger partial charge in [-0.05, 0) is 12.1 Å². The number of methoxy groups -OCH3 is 1. The molecule has 1 aromatic rings. The number of nitrogens with zero attached hydrogens (tertiary/aromatic N) is 2. The van der Waals surface area contributed by atoms with Crippen LogP contribution in [-0.4, -0.2) is 55.8 Å². The third-order valence-corrected chi connectivity index (χ3v) is 3.19. The molecule has 0 aromatic heterocycles. The molecule has 0 atom stereocenters. The minimum Gasteiger partial charge on any atom is -0.497 e. The van der Waals surface area contributed by atoms with E-state index in [1.165, 1.54) is 0 Å². The average Bonchev–Trinajstić information content (AvgIpc) is 2.46. The van der Waals surface area contributed by atoms with Crippen LogP contribution in [0, 0.1) is 0 Å². The predicted octanol–water partition coefficient (Wildman–Crippen LogP) is 0.336. The van der Waals surface area contributed by atoms with Gasteiger partial charge in [0.1, 0.15) is 12.4 Å². The van der Waals surface area contributed by atoms with E-state index in [2.05, 4.69) is 4.90 Å². The van der Waals surface area contributed by atoms with Gasteiger partial charge in [-0.15, -0.1) is 0 Å². The van der Waals surface area contributed by atoms with Crippen molar-refractivity contribution >= 4 is 11.6 Å². The number of piperazine rings is 1. The number of aliphatic hydroxyl groups is 1. The monoisotopic (exact) mass is 250 g/mol. The molecule has 5 heteroatoms. The summed E-state index contributed by atoms with van der Waals surface area (Å²) in [4.78, 5) is 15.3. The number of rotatable bonds is 3. The van der Waals surface area contributed by atoms with Crippen LogP contribution >= 0.6 is 0 Å². The molecule has 1 aromatic carbocycles. The number of aliphatic hydroxyl groups excluding tert-OH is 1. The number of anilines is 1. The van der Waals surface area contributed by atoms with Gasteiger partial charge in [-0.25, -0.2) is 0 Å². The van der Waals surface area contributed by atoms with Crippen molar-refractivity contribution in [3.63, 3.8) is 0 Å². The van der Waals surface area contributed by atoms with Crippen LogP contribution in [0.4, 0.5) is 5.69 Å². The summed E-state index contributed by atoms with van der Waals surface area (Å²) in [7, 11) is 1.65. The Bertz CT molecular complexity index is 414. The fraction of sp³-hybridized carbons (Fsp3) is 0.462. The van der Waals surface area contributed by atoms with Crippen molar-refractivity contribution in [2.75, 3.05) is 44.8 Å². The molecule has 0 unspecified atom stereocenters. The number of hydrogen-bond acceptors (Lipinski definition) is 4. The molecule has 1 aliphatic heterocycles. The van der Waals surface area contributed by atoms with E-state index in [0.717, 1.165) is 24.5 Å². The van der Waals surface area contributed by atoms with Crippen molar-refractivity contribution in [1.29, 1.82) is 0 Å². The minimum absolute atomic E-state index is 0.194. The average molecular weight is 250 g/mol. The van der Waals surface area contributed by atoms with Crippen LogP contribution in [0.15, 0.2) is 24.3 Å². The Kier molecular flexibility index (Phi) is 4.04. The SMILES string of the molecule is COc1cccc(N2CCN(C(=O)CO)CC2)c1. The maximum absolute atomic E-state index is 11.3. The summed E-state index contributed by atoms with van der Waals surface area (Å²) in [6.45, 7) is 2.45. The van der Waals surface area contributed by atoms with E-state index in [4.69, 9.17) is 9.84 Å². The van der Waals surface area contributed by atoms with Crippen LogP contribution in [-0.2, 0) is 4.79 Å². The Labute approximate surface area is 107 Å². The van der Waals surface area contributed by atoms with E-state index in [9.17, 15) is 4.79 Å². The third-order valence-electron chi connectivity index (χ3n) is 3.19. The summed E-state index contributed by atoms with van der Waals surface area (Å²) < 4.78 is 5.20. The Morgan fingerprint density at radius 2 is 2.06 bits per heavy atom. The van der Waals surface area contributed by atoms with E-state index >= 15 is 0 Å². The Hall–Kier alpha value is -1.75. The molecule has 1 N–H and O–H groups in total. The van der Waals surface area contributed by atoms with Gasteiger partial charge in [-0.1, -0.05) is 6.07 Å². The summed E-state index contributed by atoms with van der Waals surface area (Å²) in [5, 5.41) is 8.82. The first-order valence-electron chi connectivity index (χ1n) is 6.02. The van der Waals surface area contributed by atoms with Crippen LogP contribution < -0.4 is 9.64 Å². The Morgan fingerprint density at radius 1 is 1.33 bits per heavy atom. The number of hydrogen-bond donors (Lipinski definition) is 1. The van der Waals surface area contributed by atoms with Crippen molar-refractivity contribution in [3.05, 3.63) is 24.3 Å². The molecule has 18 heavy (non-hydrogen) atoms. The molecule has 5 nitrogen and oxygen atoms in total. The van der Waals surface area contributed by atoms with E-state index < -0.39 is 6.61 Å². The van der Waals surface area contributed by atoms with Crippen LogP contribution in [0.3, 0.4) is 0 Å². The molecule has 1 saturated heterocycles. The second-order valence-electron chi connectivity index (χ2n) is 4.23. The third kappa shape index (κ3) is 2.73. The predicted molar refractivity (Wildman–Crippen MR) is 68.9 cm³/mol. The molecular weight excluding hydrogens is 232 g/mol. The first-order valence-corrected chi connectivity index (χ1v) is 6.02. The lowest BCUT2D eigenvalue weighted by Crippen LogP contribution is -2.49. The van der Waals surface area contributed by atoms with Gasteiger partial charge >= 0.3 is 0 Å². The van der Waals surface area contributed by atoms with Crippen molar-refractivity contribution in [2.45, 2.75) is 0 Å². The zero-order valence-electron chi connectivity index (χ0n) is 10.5. The summed E-state index contributed by atoms with van der Waals surface area (Å²) in [6.07, 6.45) is 0. The van der Waals surface area contributed by atoms with Crippen molar-refractivity contribution in [3.8, 4) is 5.75 Å². The van der Waals surface area contributed by atoms with Crippen LogP contribution in [0.1, 0.15) is 0 Å². The van der Waals surface area contributed by atoms with Crippen molar-refractivity contribution in [1.82, 2.24) is 4.90 Å². The molecule has 98 valence electrons. The topological polar surface area (TPSA) is 53.0 Å². The number of benzene rings is 1. The molecule has 0 aliphatic carbocycles. The Balaban J connectivity index is 1.98. The van der Waals surface area contributed by atoms with Gasteiger partial charge in [0.2, 0.25) is 5.91 Å². The molecule has 0 spiro atoms. The van der Waals surface area contributed by atoms with Gasteiger partial charge in [-0.3, -0.25) is 4.79 Å². The molecule has 1 heterocycles. The minimum atomic E-state index is -0.404. The highest BCUT2D eigenvalue weighted by Crippen LogP contribution is 2.21. The van der Waals surface area contributed by atoms with Crippen molar-refractivity contribution in [2.24, 2.45) is 0 Å². The molecule has 1 fully saturated rings. The quantitative estimate of drug-likeness (QED) is 0.840. The van der Waals surface area contributed by atoms with E-state index in [1.807, 2.05) is 24.3 Å². The Morgan fingerprint density at radius 3 is 2.67 bits per heavy atom. The second-order valence-corrected chi connectivity index (χ2v) is 4.23. The number of carbonyl (C=O) groups excluding carboxylic acids is 1. The highest BCUT2D eigenvalue weighted by molar-refractivity contribution is 5.77. The number of amides is 1. The maximum Gasteiger partial charge on any atom is 0.248 e. The van der Waals surface area contributed by atoms with E-state index in [1.54, 1.807) is 12.0 Å². The lowest BCUT2D eigenvalue weighted by atomic mass is 10.2. The van der Waals surface area contributed by atoms with Gasteiger partial charge in [0, 0.05) is 37.9 Å². The van der Waals surface area contributed by atoms with Gasteiger partial charge in [-0.2, -0.15) is 0 Å². The van der Waals surface area contributed by atoms with Crippen molar-refractivity contribution < 1.29 is 14.6 Å². The zero-order chi connectivity index (χ0) is 13.0. The summed E-state index contributed by atoms with van der Waals surface area (Å²) in [5.74, 6) is 0.640. The lowest BCUT2D eigenvalue weighted by Gasteiger charge is -2.35. The maximum atomic E-state index is 11.3. The van der Waals surface area contributed by atoms with Gasteiger partial charge in [0.25, 0.3) is 0 Å². The zero-order valence-corrected chi connectivity index (χ0v) is 10.5. The van der Waals surface area contributed by atoms with E-state index in [0.29, 0.717) is 13.1 Å². The van der Waals surface area contributed by atoms with Crippen LogP contribution in [0.25, 0.3) is 0 Å². The molecule has 0 bridgehead atoms. The first kappa shape index (κ1) is 12.7. The smallest absolute Gasteiger partial charge is 0.248 e. The summed E-state index contributed by atoms with van der Waals surface area (Å²) in [6, 6.07) is 7.89. The highest BCUT2D eigenvalue weighted by atomic mass is 16.5. The lowest BCUT2D eigenvalue weighted by molar-refractivity contribution is -0.134. The molecule has 0 radical (unpaired) electrons. The highest BCUT2D eigenvalue weighted by Gasteiger charge is 2.20. The largest absolute Gasteiger partial charge is 0.497 e. The number of ether oxygens (including phenoxy) is 1. The number of carbonyl (C=O) groups is 1. The summed E-state index contributed by atoms with van der Waals surface area (Å²) in [5.41, 5.74) is 1.10. The van der Waals surface area contributed by atoms with Gasteiger partial charge < -0.3 is 19.6 Å². The molecule has 1 amide bonds. The molecule has 0 saturated carbocycles. The van der Waals surface area contributed by atoms with Crippen LogP contribution in [0.2, 0.25) is 0 Å². The molecule has 1 aliphatic rings.